The summed E-state index contributed by atoms with van der Waals surface area (Å²) in [6.07, 6.45) is 7.09. The van der Waals surface area contributed by atoms with Gasteiger partial charge in [-0.15, -0.1) is 0 Å². The van der Waals surface area contributed by atoms with E-state index in [1.807, 2.05) is 74.5 Å². The van der Waals surface area contributed by atoms with Crippen molar-refractivity contribution < 1.29 is 18.0 Å². The van der Waals surface area contributed by atoms with E-state index in [9.17, 15) is 18.0 Å². The molecule has 0 aliphatic heterocycles. The molecule has 3 aromatic carbocycles. The Bertz CT molecular complexity index is 1520. The van der Waals surface area contributed by atoms with E-state index in [-0.39, 0.29) is 37.4 Å². The lowest BCUT2D eigenvalue weighted by atomic mass is 9.94. The number of anilines is 1. The molecule has 1 aliphatic rings. The van der Waals surface area contributed by atoms with Crippen LogP contribution in [0.15, 0.2) is 72.8 Å². The average Bonchev–Trinajstić information content (AvgIpc) is 3.00. The molecule has 0 bridgehead atoms. The average molecular weight is 638 g/mol. The smallest absolute Gasteiger partial charge is 0.243 e. The van der Waals surface area contributed by atoms with Gasteiger partial charge in [0.15, 0.2) is 0 Å². The van der Waals surface area contributed by atoms with Gasteiger partial charge in [-0.25, -0.2) is 8.42 Å². The number of nitrogens with one attached hydrogen (secondary N) is 1. The minimum Gasteiger partial charge on any atom is -0.352 e. The van der Waals surface area contributed by atoms with Gasteiger partial charge in [-0.05, 0) is 73.6 Å². The van der Waals surface area contributed by atoms with Crippen LogP contribution in [0.3, 0.4) is 0 Å². The maximum absolute atomic E-state index is 14.1. The summed E-state index contributed by atoms with van der Waals surface area (Å²) < 4.78 is 26.9. The highest BCUT2D eigenvalue weighted by Crippen LogP contribution is 2.25. The molecule has 9 heteroatoms. The molecule has 0 heterocycles. The molecule has 0 aromatic heterocycles. The van der Waals surface area contributed by atoms with Crippen molar-refractivity contribution in [1.29, 1.82) is 0 Å². The zero-order valence-electron chi connectivity index (χ0n) is 26.0. The third kappa shape index (κ3) is 9.32. The molecule has 0 saturated heterocycles. The maximum atomic E-state index is 14.1. The highest BCUT2D eigenvalue weighted by atomic mass is 35.5. The van der Waals surface area contributed by atoms with Gasteiger partial charge in [0.25, 0.3) is 0 Å². The van der Waals surface area contributed by atoms with Crippen LogP contribution in [0.1, 0.15) is 67.2 Å². The van der Waals surface area contributed by atoms with E-state index in [1.54, 1.807) is 17.0 Å². The Morgan fingerprint density at radius 1 is 0.932 bits per heavy atom. The highest BCUT2D eigenvalue weighted by Gasteiger charge is 2.32. The van der Waals surface area contributed by atoms with Crippen molar-refractivity contribution in [2.45, 2.75) is 83.8 Å². The van der Waals surface area contributed by atoms with E-state index in [1.165, 1.54) is 17.0 Å². The standard InChI is InChI=1S/C35H44ClN3O4S/c1-26-20-21-31(23-27(26)2)39(44(3,42)43)22-12-19-34(40)38(25-29-15-10-11-18-32(29)36)33(24-28-13-6-4-7-14-28)35(41)37-30-16-8-5-9-17-30/h4,6-7,10-11,13-15,18,20-21,23,30,33H,5,8-9,12,16-17,19,22,24-25H2,1-3H3,(H,37,41). The van der Waals surface area contributed by atoms with Gasteiger partial charge >= 0.3 is 0 Å². The molecule has 1 atom stereocenters. The molecule has 1 fully saturated rings. The lowest BCUT2D eigenvalue weighted by Crippen LogP contribution is -2.53. The SMILES string of the molecule is Cc1ccc(N(CCCC(=O)N(Cc2ccccc2Cl)C(Cc2ccccc2)C(=O)NC2CCCCC2)S(C)(=O)=O)cc1C. The van der Waals surface area contributed by atoms with Gasteiger partial charge in [0.2, 0.25) is 21.8 Å². The molecule has 1 saturated carbocycles. The van der Waals surface area contributed by atoms with Crippen molar-refractivity contribution in [3.05, 3.63) is 100 Å². The second-order valence-corrected chi connectivity index (χ2v) is 14.2. The zero-order valence-corrected chi connectivity index (χ0v) is 27.5. The fourth-order valence-electron chi connectivity index (χ4n) is 5.79. The Morgan fingerprint density at radius 2 is 1.61 bits per heavy atom. The van der Waals surface area contributed by atoms with Crippen molar-refractivity contribution in [3.63, 3.8) is 0 Å². The van der Waals surface area contributed by atoms with E-state index < -0.39 is 16.1 Å². The van der Waals surface area contributed by atoms with Gasteiger partial charge in [0.1, 0.15) is 6.04 Å². The van der Waals surface area contributed by atoms with Crippen LogP contribution in [0.4, 0.5) is 5.69 Å². The number of aryl methyl sites for hydroxylation is 2. The van der Waals surface area contributed by atoms with Crippen molar-refractivity contribution in [2.75, 3.05) is 17.1 Å². The number of amides is 2. The predicted molar refractivity (Wildman–Crippen MR) is 178 cm³/mol. The topological polar surface area (TPSA) is 86.8 Å². The number of sulfonamides is 1. The summed E-state index contributed by atoms with van der Waals surface area (Å²) in [5.74, 6) is -0.396. The molecule has 2 amide bonds. The first-order chi connectivity index (χ1) is 21.0. The van der Waals surface area contributed by atoms with Crippen LogP contribution in [0.2, 0.25) is 5.02 Å². The summed E-state index contributed by atoms with van der Waals surface area (Å²) in [5, 5.41) is 3.77. The molecule has 1 aliphatic carbocycles. The number of hydrogen-bond acceptors (Lipinski definition) is 4. The quantitative estimate of drug-likeness (QED) is 0.229. The molecule has 0 spiro atoms. The van der Waals surface area contributed by atoms with E-state index >= 15 is 0 Å². The van der Waals surface area contributed by atoms with Crippen LogP contribution >= 0.6 is 11.6 Å². The van der Waals surface area contributed by atoms with E-state index in [2.05, 4.69) is 5.32 Å². The summed E-state index contributed by atoms with van der Waals surface area (Å²) in [4.78, 5) is 29.7. The van der Waals surface area contributed by atoms with Crippen LogP contribution in [0, 0.1) is 13.8 Å². The van der Waals surface area contributed by atoms with E-state index in [0.29, 0.717) is 23.6 Å². The lowest BCUT2D eigenvalue weighted by molar-refractivity contribution is -0.141. The monoisotopic (exact) mass is 637 g/mol. The van der Waals surface area contributed by atoms with Crippen LogP contribution < -0.4 is 9.62 Å². The molecule has 44 heavy (non-hydrogen) atoms. The fraction of sp³-hybridized carbons (Fsp3) is 0.429. The van der Waals surface area contributed by atoms with Crippen molar-refractivity contribution in [3.8, 4) is 0 Å². The number of rotatable bonds is 13. The number of halogens is 1. The first-order valence-corrected chi connectivity index (χ1v) is 17.7. The second-order valence-electron chi connectivity index (χ2n) is 11.9. The molecule has 1 unspecified atom stereocenters. The van der Waals surface area contributed by atoms with Crippen LogP contribution in [0.5, 0.6) is 0 Å². The number of hydrogen-bond donors (Lipinski definition) is 1. The van der Waals surface area contributed by atoms with Gasteiger partial charge in [0, 0.05) is 37.0 Å². The third-order valence-electron chi connectivity index (χ3n) is 8.45. The van der Waals surface area contributed by atoms with Crippen LogP contribution in [0.25, 0.3) is 0 Å². The maximum Gasteiger partial charge on any atom is 0.243 e. The largest absolute Gasteiger partial charge is 0.352 e. The fourth-order valence-corrected chi connectivity index (χ4v) is 6.95. The molecule has 0 radical (unpaired) electrons. The predicted octanol–water partition coefficient (Wildman–Crippen LogP) is 6.59. The summed E-state index contributed by atoms with van der Waals surface area (Å²) in [5.41, 5.74) is 4.34. The van der Waals surface area contributed by atoms with E-state index in [0.717, 1.165) is 47.9 Å². The molecule has 236 valence electrons. The highest BCUT2D eigenvalue weighted by molar-refractivity contribution is 7.92. The van der Waals surface area contributed by atoms with Gasteiger partial charge in [-0.3, -0.25) is 13.9 Å². The first kappa shape index (κ1) is 33.5. The van der Waals surface area contributed by atoms with Gasteiger partial charge in [-0.2, -0.15) is 0 Å². The molecule has 1 N–H and O–H groups in total. The van der Waals surface area contributed by atoms with Crippen molar-refractivity contribution in [1.82, 2.24) is 10.2 Å². The zero-order chi connectivity index (χ0) is 31.7. The summed E-state index contributed by atoms with van der Waals surface area (Å²) in [7, 11) is -3.58. The second kappa shape index (κ2) is 15.6. The minimum atomic E-state index is -3.58. The Morgan fingerprint density at radius 3 is 2.27 bits per heavy atom. The molecule has 3 aromatic rings. The van der Waals surface area contributed by atoms with Gasteiger partial charge in [-0.1, -0.05) is 85.5 Å². The molecular weight excluding hydrogens is 594 g/mol. The number of nitrogens with zero attached hydrogens (tertiary/aromatic N) is 2. The summed E-state index contributed by atoms with van der Waals surface area (Å²) >= 11 is 6.55. The Balaban J connectivity index is 1.60. The summed E-state index contributed by atoms with van der Waals surface area (Å²) in [6, 6.07) is 21.9. The molecule has 4 rings (SSSR count). The van der Waals surface area contributed by atoms with Crippen LogP contribution in [-0.4, -0.2) is 50.0 Å². The Kier molecular flexibility index (Phi) is 11.9. The Labute approximate surface area is 267 Å². The number of carbonyl (C=O) groups excluding carboxylic acids is 2. The normalized spacial score (nSPS) is 14.5. The lowest BCUT2D eigenvalue weighted by Gasteiger charge is -2.34. The molecular formula is C35H44ClN3O4S. The van der Waals surface area contributed by atoms with Crippen molar-refractivity contribution in [2.24, 2.45) is 0 Å². The van der Waals surface area contributed by atoms with E-state index in [4.69, 9.17) is 11.6 Å². The first-order valence-electron chi connectivity index (χ1n) is 15.4. The third-order valence-corrected chi connectivity index (χ3v) is 10.0. The summed E-state index contributed by atoms with van der Waals surface area (Å²) in [6.45, 7) is 4.23. The minimum absolute atomic E-state index is 0.0727. The Hall–Kier alpha value is -3.36. The number of benzene rings is 3. The van der Waals surface area contributed by atoms with Crippen LogP contribution in [-0.2, 0) is 32.6 Å². The van der Waals surface area contributed by atoms with Crippen molar-refractivity contribution >= 4 is 39.1 Å². The van der Waals surface area contributed by atoms with Gasteiger partial charge in [0.05, 0.1) is 11.9 Å². The van der Waals surface area contributed by atoms with Gasteiger partial charge < -0.3 is 10.2 Å². The number of carbonyl (C=O) groups is 2. The molecule has 7 nitrogen and oxygen atoms in total.